The Morgan fingerprint density at radius 2 is 1.83 bits per heavy atom. The van der Waals surface area contributed by atoms with Crippen molar-refractivity contribution in [2.24, 2.45) is 0 Å². The van der Waals surface area contributed by atoms with E-state index in [1.165, 1.54) is 18.2 Å². The topological polar surface area (TPSA) is 82.7 Å². The second-order valence-corrected chi connectivity index (χ2v) is 9.35. The number of fused-ring (bicyclic) bond motifs is 1. The Morgan fingerprint density at radius 1 is 1.06 bits per heavy atom. The Balaban J connectivity index is 1.65. The quantitative estimate of drug-likeness (QED) is 0.423. The van der Waals surface area contributed by atoms with Crippen LogP contribution < -0.4 is 10.2 Å². The van der Waals surface area contributed by atoms with E-state index in [1.54, 1.807) is 24.7 Å². The van der Waals surface area contributed by atoms with E-state index in [9.17, 15) is 4.39 Å². The Labute approximate surface area is 208 Å². The Kier molecular flexibility index (Phi) is 6.37. The third-order valence-electron chi connectivity index (χ3n) is 6.83. The summed E-state index contributed by atoms with van der Waals surface area (Å²) >= 11 is 0. The summed E-state index contributed by atoms with van der Waals surface area (Å²) in [6.07, 6.45) is 5.27. The first-order valence-corrected chi connectivity index (χ1v) is 12.0. The highest BCUT2D eigenvalue weighted by Crippen LogP contribution is 2.35. The predicted molar refractivity (Wildman–Crippen MR) is 136 cm³/mol. The van der Waals surface area contributed by atoms with Crippen LogP contribution in [0.5, 0.6) is 0 Å². The highest BCUT2D eigenvalue weighted by Gasteiger charge is 2.23. The number of piperidine rings is 1. The minimum Gasteiger partial charge on any atom is -0.355 e. The molecule has 0 atom stereocenters. The first-order chi connectivity index (χ1) is 17.4. The van der Waals surface area contributed by atoms with Gasteiger partial charge < -0.3 is 14.8 Å². The first kappa shape index (κ1) is 23.8. The van der Waals surface area contributed by atoms with Gasteiger partial charge in [0.05, 0.1) is 40.5 Å². The zero-order valence-corrected chi connectivity index (χ0v) is 20.5. The number of nitrogens with zero attached hydrogens (tertiary/aromatic N) is 6. The molecule has 1 N–H and O–H groups in total. The van der Waals surface area contributed by atoms with Gasteiger partial charge in [-0.2, -0.15) is 5.26 Å². The molecule has 1 saturated heterocycles. The lowest BCUT2D eigenvalue weighted by molar-refractivity contribution is 0.440. The lowest BCUT2D eigenvalue weighted by atomic mass is 10.0. The molecule has 36 heavy (non-hydrogen) atoms. The molecule has 9 heteroatoms. The van der Waals surface area contributed by atoms with Crippen molar-refractivity contribution < 1.29 is 8.78 Å². The van der Waals surface area contributed by atoms with Crippen LogP contribution in [-0.4, -0.2) is 45.7 Å². The minimum absolute atomic E-state index is 0.0645. The van der Waals surface area contributed by atoms with E-state index in [0.29, 0.717) is 39.8 Å². The molecule has 2 aromatic carbocycles. The number of imidazole rings is 1. The molecular formula is C27H27F2N7. The summed E-state index contributed by atoms with van der Waals surface area (Å²) < 4.78 is 32.0. The van der Waals surface area contributed by atoms with Gasteiger partial charge in [0.2, 0.25) is 0 Å². The van der Waals surface area contributed by atoms with E-state index in [0.717, 1.165) is 25.9 Å². The highest BCUT2D eigenvalue weighted by atomic mass is 19.1. The number of halogens is 2. The Morgan fingerprint density at radius 3 is 2.50 bits per heavy atom. The maximum Gasteiger partial charge on any atom is 0.147 e. The van der Waals surface area contributed by atoms with E-state index in [-0.39, 0.29) is 17.2 Å². The molecule has 1 aliphatic heterocycles. The van der Waals surface area contributed by atoms with Crippen LogP contribution in [0.4, 0.5) is 14.6 Å². The first-order valence-electron chi connectivity index (χ1n) is 12.0. The van der Waals surface area contributed by atoms with Gasteiger partial charge in [0.25, 0.3) is 0 Å². The number of benzene rings is 2. The molecule has 7 nitrogen and oxygen atoms in total. The maximum atomic E-state index is 15.5. The van der Waals surface area contributed by atoms with Gasteiger partial charge in [0.1, 0.15) is 23.5 Å². The number of anilines is 1. The summed E-state index contributed by atoms with van der Waals surface area (Å²) in [6, 6.07) is 9.82. The van der Waals surface area contributed by atoms with Gasteiger partial charge >= 0.3 is 0 Å². The molecule has 4 aromatic rings. The van der Waals surface area contributed by atoms with Crippen LogP contribution in [0.3, 0.4) is 0 Å². The summed E-state index contributed by atoms with van der Waals surface area (Å²) in [6.45, 7) is 5.61. The summed E-state index contributed by atoms with van der Waals surface area (Å²) in [5, 5.41) is 12.5. The van der Waals surface area contributed by atoms with Gasteiger partial charge in [-0.3, -0.25) is 0 Å². The molecule has 0 bridgehead atoms. The number of aromatic nitrogens is 4. The molecule has 1 aliphatic rings. The zero-order valence-electron chi connectivity index (χ0n) is 20.5. The fourth-order valence-corrected chi connectivity index (χ4v) is 4.72. The Hall–Kier alpha value is -3.90. The standard InChI is InChI=1S/C27H27F2N7/c1-16(2)36-15-33-23-11-20(22(29)12-24(23)36)27-26(17-4-5-18(13-30)21(28)10-17)34-25(14-32-27)35-8-6-19(31-3)7-9-35/h4-5,10-12,14-16,19,31H,6-9H2,1-3H3. The summed E-state index contributed by atoms with van der Waals surface area (Å²) in [4.78, 5) is 16.1. The molecule has 2 aromatic heterocycles. The number of rotatable bonds is 5. The van der Waals surface area contributed by atoms with Crippen LogP contribution in [0.2, 0.25) is 0 Å². The van der Waals surface area contributed by atoms with Crippen molar-refractivity contribution in [2.75, 3.05) is 25.0 Å². The highest BCUT2D eigenvalue weighted by molar-refractivity contribution is 5.86. The van der Waals surface area contributed by atoms with Crippen molar-refractivity contribution in [1.82, 2.24) is 24.8 Å². The van der Waals surface area contributed by atoms with Crippen LogP contribution in [0, 0.1) is 23.0 Å². The van der Waals surface area contributed by atoms with E-state index in [2.05, 4.69) is 20.2 Å². The lowest BCUT2D eigenvalue weighted by Crippen LogP contribution is -2.41. The van der Waals surface area contributed by atoms with Gasteiger partial charge in [-0.25, -0.2) is 23.7 Å². The average Bonchev–Trinajstić information content (AvgIpc) is 3.31. The molecule has 0 amide bonds. The van der Waals surface area contributed by atoms with Gasteiger partial charge in [0.15, 0.2) is 0 Å². The molecule has 3 heterocycles. The van der Waals surface area contributed by atoms with Gasteiger partial charge in [-0.05, 0) is 51.9 Å². The fraction of sp³-hybridized carbons (Fsp3) is 0.333. The molecular weight excluding hydrogens is 460 g/mol. The van der Waals surface area contributed by atoms with Gasteiger partial charge in [-0.15, -0.1) is 0 Å². The van der Waals surface area contributed by atoms with Crippen molar-refractivity contribution >= 4 is 16.9 Å². The van der Waals surface area contributed by atoms with Crippen LogP contribution in [-0.2, 0) is 0 Å². The summed E-state index contributed by atoms with van der Waals surface area (Å²) in [5.74, 6) is -0.467. The van der Waals surface area contributed by atoms with Crippen molar-refractivity contribution in [2.45, 2.75) is 38.8 Å². The molecule has 5 rings (SSSR count). The van der Waals surface area contributed by atoms with Crippen molar-refractivity contribution in [3.05, 3.63) is 60.1 Å². The monoisotopic (exact) mass is 487 g/mol. The minimum atomic E-state index is -0.658. The van der Waals surface area contributed by atoms with Crippen molar-refractivity contribution in [3.63, 3.8) is 0 Å². The van der Waals surface area contributed by atoms with Crippen LogP contribution in [0.1, 0.15) is 38.3 Å². The summed E-state index contributed by atoms with van der Waals surface area (Å²) in [7, 11) is 1.96. The third kappa shape index (κ3) is 4.29. The average molecular weight is 488 g/mol. The molecule has 184 valence electrons. The van der Waals surface area contributed by atoms with Crippen molar-refractivity contribution in [3.8, 4) is 28.6 Å². The number of hydrogen-bond acceptors (Lipinski definition) is 6. The molecule has 0 saturated carbocycles. The second-order valence-electron chi connectivity index (χ2n) is 9.35. The molecule has 0 radical (unpaired) electrons. The van der Waals surface area contributed by atoms with Gasteiger partial charge in [0, 0.05) is 42.4 Å². The smallest absolute Gasteiger partial charge is 0.147 e. The predicted octanol–water partition coefficient (Wildman–Crippen LogP) is 5.08. The van der Waals surface area contributed by atoms with E-state index in [1.807, 2.05) is 31.5 Å². The lowest BCUT2D eigenvalue weighted by Gasteiger charge is -2.32. The Bertz CT molecular complexity index is 1460. The molecule has 0 unspecified atom stereocenters. The van der Waals surface area contributed by atoms with E-state index < -0.39 is 11.6 Å². The second kappa shape index (κ2) is 9.63. The van der Waals surface area contributed by atoms with Gasteiger partial charge in [-0.1, -0.05) is 6.07 Å². The molecule has 1 fully saturated rings. The van der Waals surface area contributed by atoms with Crippen molar-refractivity contribution in [1.29, 1.82) is 5.26 Å². The molecule has 0 spiro atoms. The number of nitriles is 1. The zero-order chi connectivity index (χ0) is 25.4. The van der Waals surface area contributed by atoms with Crippen LogP contribution in [0.15, 0.2) is 42.9 Å². The number of hydrogen-bond donors (Lipinski definition) is 1. The number of nitrogens with one attached hydrogen (secondary N) is 1. The van der Waals surface area contributed by atoms with Crippen LogP contribution >= 0.6 is 0 Å². The fourth-order valence-electron chi connectivity index (χ4n) is 4.72. The largest absolute Gasteiger partial charge is 0.355 e. The third-order valence-corrected chi connectivity index (χ3v) is 6.83. The van der Waals surface area contributed by atoms with Crippen LogP contribution in [0.25, 0.3) is 33.5 Å². The van der Waals surface area contributed by atoms with E-state index >= 15 is 4.39 Å². The summed E-state index contributed by atoms with van der Waals surface area (Å²) in [5.41, 5.74) is 2.58. The normalized spacial score (nSPS) is 14.5. The SMILES string of the molecule is CNC1CCN(c2cnc(-c3cc4ncn(C(C)C)c4cc3F)c(-c3ccc(C#N)c(F)c3)n2)CC1. The van der Waals surface area contributed by atoms with E-state index in [4.69, 9.17) is 10.2 Å². The molecule has 0 aliphatic carbocycles. The maximum absolute atomic E-state index is 15.5.